The Morgan fingerprint density at radius 2 is 2.05 bits per heavy atom. The highest BCUT2D eigenvalue weighted by molar-refractivity contribution is 5.20. The lowest BCUT2D eigenvalue weighted by molar-refractivity contribution is 0.0890. The molecule has 0 saturated carbocycles. The first-order valence-corrected chi connectivity index (χ1v) is 7.92. The molecule has 2 fully saturated rings. The van der Waals surface area contributed by atoms with Crippen molar-refractivity contribution in [3.8, 4) is 0 Å². The second-order valence-corrected chi connectivity index (χ2v) is 6.21. The molecule has 3 rings (SSSR count). The van der Waals surface area contributed by atoms with Crippen molar-refractivity contribution in [3.63, 3.8) is 0 Å². The average Bonchev–Trinajstić information content (AvgIpc) is 3.17. The first kappa shape index (κ1) is 14.9. The zero-order valence-electron chi connectivity index (χ0n) is 12.6. The molecule has 0 unspecified atom stereocenters. The summed E-state index contributed by atoms with van der Waals surface area (Å²) in [6.07, 6.45) is 2.30. The predicted octanol–water partition coefficient (Wildman–Crippen LogP) is 2.92. The Balaban J connectivity index is 1.55. The largest absolute Gasteiger partial charge is 0.381 e. The van der Waals surface area contributed by atoms with Gasteiger partial charge < -0.3 is 14.8 Å². The van der Waals surface area contributed by atoms with Crippen molar-refractivity contribution in [2.24, 2.45) is 11.8 Å². The second-order valence-electron chi connectivity index (χ2n) is 6.21. The summed E-state index contributed by atoms with van der Waals surface area (Å²) < 4.78 is 24.3. The van der Waals surface area contributed by atoms with Crippen LogP contribution in [0, 0.1) is 17.7 Å². The van der Waals surface area contributed by atoms with Crippen molar-refractivity contribution in [2.45, 2.75) is 31.9 Å². The van der Waals surface area contributed by atoms with Gasteiger partial charge in [-0.2, -0.15) is 0 Å². The fourth-order valence-electron chi connectivity index (χ4n) is 3.31. The summed E-state index contributed by atoms with van der Waals surface area (Å²) in [4.78, 5) is 0. The van der Waals surface area contributed by atoms with Crippen LogP contribution in [0.1, 0.15) is 31.4 Å². The molecule has 2 aliphatic rings. The SMILES string of the molecule is C[C@@H](NC[C@@H]1CCO[C@H]1c1ccc(F)cc1)[C@H]1CCOC1. The van der Waals surface area contributed by atoms with Gasteiger partial charge in [-0.25, -0.2) is 4.39 Å². The predicted molar refractivity (Wildman–Crippen MR) is 79.6 cm³/mol. The van der Waals surface area contributed by atoms with Crippen LogP contribution >= 0.6 is 0 Å². The van der Waals surface area contributed by atoms with Gasteiger partial charge in [0.05, 0.1) is 12.7 Å². The molecule has 0 aliphatic carbocycles. The number of hydrogen-bond donors (Lipinski definition) is 1. The molecule has 4 heteroatoms. The molecule has 21 heavy (non-hydrogen) atoms. The van der Waals surface area contributed by atoms with Gasteiger partial charge in [0.2, 0.25) is 0 Å². The van der Waals surface area contributed by atoms with E-state index in [2.05, 4.69) is 12.2 Å². The van der Waals surface area contributed by atoms with E-state index in [-0.39, 0.29) is 11.9 Å². The van der Waals surface area contributed by atoms with Crippen LogP contribution in [-0.4, -0.2) is 32.4 Å². The molecule has 2 saturated heterocycles. The molecule has 0 spiro atoms. The Labute approximate surface area is 125 Å². The van der Waals surface area contributed by atoms with E-state index < -0.39 is 0 Å². The van der Waals surface area contributed by atoms with Crippen LogP contribution in [0.15, 0.2) is 24.3 Å². The molecule has 2 aliphatic heterocycles. The monoisotopic (exact) mass is 293 g/mol. The van der Waals surface area contributed by atoms with Crippen molar-refractivity contribution in [1.82, 2.24) is 5.32 Å². The maximum atomic E-state index is 13.0. The summed E-state index contributed by atoms with van der Waals surface area (Å²) in [5.74, 6) is 0.887. The number of nitrogens with one attached hydrogen (secondary N) is 1. The molecule has 0 radical (unpaired) electrons. The van der Waals surface area contributed by atoms with E-state index in [4.69, 9.17) is 9.47 Å². The zero-order valence-corrected chi connectivity index (χ0v) is 12.6. The molecular formula is C17H24FNO2. The van der Waals surface area contributed by atoms with Gasteiger partial charge in [0.15, 0.2) is 0 Å². The van der Waals surface area contributed by atoms with E-state index >= 15 is 0 Å². The van der Waals surface area contributed by atoms with Gasteiger partial charge in [-0.15, -0.1) is 0 Å². The highest BCUT2D eigenvalue weighted by Crippen LogP contribution is 2.34. The Hall–Kier alpha value is -0.970. The minimum atomic E-state index is -0.193. The van der Waals surface area contributed by atoms with Crippen LogP contribution < -0.4 is 5.32 Å². The summed E-state index contributed by atoms with van der Waals surface area (Å²) in [6.45, 7) is 5.73. The quantitative estimate of drug-likeness (QED) is 0.905. The summed E-state index contributed by atoms with van der Waals surface area (Å²) in [5.41, 5.74) is 1.08. The van der Waals surface area contributed by atoms with Gasteiger partial charge in [0, 0.05) is 31.7 Å². The fourth-order valence-corrected chi connectivity index (χ4v) is 3.31. The minimum Gasteiger partial charge on any atom is -0.381 e. The number of ether oxygens (including phenoxy) is 2. The van der Waals surface area contributed by atoms with Crippen molar-refractivity contribution in [1.29, 1.82) is 0 Å². The lowest BCUT2D eigenvalue weighted by atomic mass is 9.94. The van der Waals surface area contributed by atoms with E-state index in [0.29, 0.717) is 17.9 Å². The molecule has 4 atom stereocenters. The standard InChI is InChI=1S/C17H24FNO2/c1-12(15-6-8-20-11-15)19-10-14-7-9-21-17(14)13-2-4-16(18)5-3-13/h2-5,12,14-15,17,19H,6-11H2,1H3/t12-,14+,15+,17+/m1/s1. The number of rotatable bonds is 5. The molecule has 1 aromatic rings. The maximum Gasteiger partial charge on any atom is 0.123 e. The number of halogens is 1. The van der Waals surface area contributed by atoms with Crippen LogP contribution in [0.2, 0.25) is 0 Å². The van der Waals surface area contributed by atoms with E-state index in [1.54, 1.807) is 0 Å². The van der Waals surface area contributed by atoms with Crippen LogP contribution in [0.3, 0.4) is 0 Å². The fraction of sp³-hybridized carbons (Fsp3) is 0.647. The average molecular weight is 293 g/mol. The van der Waals surface area contributed by atoms with Gasteiger partial charge in [0.25, 0.3) is 0 Å². The molecule has 3 nitrogen and oxygen atoms in total. The van der Waals surface area contributed by atoms with E-state index in [1.165, 1.54) is 12.1 Å². The third kappa shape index (κ3) is 3.62. The molecule has 1 N–H and O–H groups in total. The highest BCUT2D eigenvalue weighted by atomic mass is 19.1. The van der Waals surface area contributed by atoms with Gasteiger partial charge >= 0.3 is 0 Å². The van der Waals surface area contributed by atoms with E-state index in [1.807, 2.05) is 12.1 Å². The Kier molecular flexibility index (Phi) is 4.88. The molecule has 1 aromatic carbocycles. The summed E-state index contributed by atoms with van der Waals surface area (Å²) in [5, 5.41) is 3.64. The van der Waals surface area contributed by atoms with Gasteiger partial charge in [-0.3, -0.25) is 0 Å². The Morgan fingerprint density at radius 3 is 2.76 bits per heavy atom. The van der Waals surface area contributed by atoms with Crippen LogP contribution in [0.25, 0.3) is 0 Å². The first-order valence-electron chi connectivity index (χ1n) is 7.92. The zero-order chi connectivity index (χ0) is 14.7. The van der Waals surface area contributed by atoms with Gasteiger partial charge in [0.1, 0.15) is 5.82 Å². The lowest BCUT2D eigenvalue weighted by Gasteiger charge is -2.24. The van der Waals surface area contributed by atoms with Gasteiger partial charge in [-0.1, -0.05) is 12.1 Å². The van der Waals surface area contributed by atoms with Crippen molar-refractivity contribution in [2.75, 3.05) is 26.4 Å². The molecule has 2 heterocycles. The minimum absolute atomic E-state index is 0.0881. The van der Waals surface area contributed by atoms with Crippen molar-refractivity contribution < 1.29 is 13.9 Å². The van der Waals surface area contributed by atoms with Crippen molar-refractivity contribution >= 4 is 0 Å². The molecule has 0 bridgehead atoms. The van der Waals surface area contributed by atoms with Gasteiger partial charge in [-0.05, 0) is 43.4 Å². The van der Waals surface area contributed by atoms with Crippen molar-refractivity contribution in [3.05, 3.63) is 35.6 Å². The van der Waals surface area contributed by atoms with E-state index in [9.17, 15) is 4.39 Å². The number of benzene rings is 1. The first-order chi connectivity index (χ1) is 10.2. The molecular weight excluding hydrogens is 269 g/mol. The van der Waals surface area contributed by atoms with Crippen LogP contribution in [0.4, 0.5) is 4.39 Å². The summed E-state index contributed by atoms with van der Waals surface area (Å²) in [7, 11) is 0. The second kappa shape index (κ2) is 6.86. The maximum absolute atomic E-state index is 13.0. The van der Waals surface area contributed by atoms with Crippen LogP contribution in [0.5, 0.6) is 0 Å². The highest BCUT2D eigenvalue weighted by Gasteiger charge is 2.30. The molecule has 0 amide bonds. The number of hydrogen-bond acceptors (Lipinski definition) is 3. The summed E-state index contributed by atoms with van der Waals surface area (Å²) in [6, 6.07) is 7.18. The third-order valence-electron chi connectivity index (χ3n) is 4.79. The van der Waals surface area contributed by atoms with E-state index in [0.717, 1.165) is 44.8 Å². The molecule has 116 valence electrons. The lowest BCUT2D eigenvalue weighted by Crippen LogP contribution is -2.37. The molecule has 0 aromatic heterocycles. The Morgan fingerprint density at radius 1 is 1.24 bits per heavy atom. The smallest absolute Gasteiger partial charge is 0.123 e. The Bertz CT molecular complexity index is 445. The topological polar surface area (TPSA) is 30.5 Å². The van der Waals surface area contributed by atoms with Crippen LogP contribution in [-0.2, 0) is 9.47 Å². The normalized spacial score (nSPS) is 30.7. The third-order valence-corrected chi connectivity index (χ3v) is 4.79. The summed E-state index contributed by atoms with van der Waals surface area (Å²) >= 11 is 0.